The Balaban J connectivity index is 1.46. The van der Waals surface area contributed by atoms with Crippen LogP contribution in [0.5, 0.6) is 5.75 Å². The van der Waals surface area contributed by atoms with E-state index in [1.54, 1.807) is 13.2 Å². The van der Waals surface area contributed by atoms with Crippen LogP contribution in [0.4, 0.5) is 16.2 Å². The molecular weight excluding hydrogens is 388 g/mol. The van der Waals surface area contributed by atoms with Gasteiger partial charge in [-0.05, 0) is 54.9 Å². The molecule has 0 radical (unpaired) electrons. The molecule has 1 atom stereocenters. The van der Waals surface area contributed by atoms with E-state index in [-0.39, 0.29) is 6.03 Å². The molecule has 1 aromatic heterocycles. The standard InChI is InChI=1S/C25H30N4O2/c1-3-4-12-29-13-10-18(11-14-29)23-17-26-24-9-8-20(16-22(23)24)28-25(30)27-19-6-5-7-21(15-19)31-2/h5-10,13,15-18,26H,3-4,11-12,14H2,1-2H3,(H2,27,28,30). The zero-order valence-electron chi connectivity index (χ0n) is 18.2. The van der Waals surface area contributed by atoms with Crippen molar-refractivity contribution in [2.45, 2.75) is 32.1 Å². The fraction of sp³-hybridized carbons (Fsp3) is 0.320. The number of allylic oxidation sites excluding steroid dienone is 1. The molecule has 4 rings (SSSR count). The molecule has 0 saturated heterocycles. The van der Waals surface area contributed by atoms with E-state index >= 15 is 0 Å². The number of aromatic amines is 1. The Morgan fingerprint density at radius 2 is 2.03 bits per heavy atom. The van der Waals surface area contributed by atoms with Crippen molar-refractivity contribution in [3.63, 3.8) is 0 Å². The summed E-state index contributed by atoms with van der Waals surface area (Å²) in [5.74, 6) is 1.08. The summed E-state index contributed by atoms with van der Waals surface area (Å²) in [6.45, 7) is 4.43. The fourth-order valence-electron chi connectivity index (χ4n) is 4.03. The van der Waals surface area contributed by atoms with E-state index in [4.69, 9.17) is 4.74 Å². The average Bonchev–Trinajstić information content (AvgIpc) is 3.21. The summed E-state index contributed by atoms with van der Waals surface area (Å²) in [5, 5.41) is 6.94. The van der Waals surface area contributed by atoms with E-state index in [9.17, 15) is 4.79 Å². The molecule has 2 aromatic carbocycles. The second-order valence-electron chi connectivity index (χ2n) is 7.94. The number of anilines is 2. The summed E-state index contributed by atoms with van der Waals surface area (Å²) in [4.78, 5) is 18.3. The van der Waals surface area contributed by atoms with Crippen LogP contribution in [0.1, 0.15) is 37.7 Å². The van der Waals surface area contributed by atoms with Crippen LogP contribution in [-0.4, -0.2) is 36.1 Å². The number of hydrogen-bond acceptors (Lipinski definition) is 3. The first kappa shape index (κ1) is 20.8. The summed E-state index contributed by atoms with van der Waals surface area (Å²) >= 11 is 0. The maximum absolute atomic E-state index is 12.5. The molecule has 1 aliphatic rings. The Kier molecular flexibility index (Phi) is 6.46. The van der Waals surface area contributed by atoms with Gasteiger partial charge in [-0.3, -0.25) is 0 Å². The molecule has 0 saturated carbocycles. The van der Waals surface area contributed by atoms with Crippen molar-refractivity contribution in [1.82, 2.24) is 9.88 Å². The molecule has 6 heteroatoms. The summed E-state index contributed by atoms with van der Waals surface area (Å²) in [5.41, 5.74) is 3.80. The van der Waals surface area contributed by atoms with Crippen LogP contribution in [-0.2, 0) is 0 Å². The lowest BCUT2D eigenvalue weighted by atomic mass is 9.93. The molecule has 6 nitrogen and oxygen atoms in total. The van der Waals surface area contributed by atoms with Crippen molar-refractivity contribution in [2.24, 2.45) is 0 Å². The third-order valence-electron chi connectivity index (χ3n) is 5.75. The van der Waals surface area contributed by atoms with Crippen LogP contribution < -0.4 is 15.4 Å². The predicted octanol–water partition coefficient (Wildman–Crippen LogP) is 5.92. The molecule has 3 N–H and O–H groups in total. The highest BCUT2D eigenvalue weighted by atomic mass is 16.5. The largest absolute Gasteiger partial charge is 0.497 e. The normalized spacial score (nSPS) is 15.8. The monoisotopic (exact) mass is 418 g/mol. The number of benzene rings is 2. The van der Waals surface area contributed by atoms with Gasteiger partial charge in [0.15, 0.2) is 0 Å². The van der Waals surface area contributed by atoms with Gasteiger partial charge in [0, 0.05) is 53.5 Å². The number of aromatic nitrogens is 1. The minimum Gasteiger partial charge on any atom is -0.497 e. The average molecular weight is 419 g/mol. The number of fused-ring (bicyclic) bond motifs is 1. The Labute approximate surface area is 183 Å². The lowest BCUT2D eigenvalue weighted by Gasteiger charge is -2.27. The van der Waals surface area contributed by atoms with Gasteiger partial charge in [0.1, 0.15) is 5.75 Å². The quantitative estimate of drug-likeness (QED) is 0.446. The van der Waals surface area contributed by atoms with Crippen molar-refractivity contribution in [2.75, 3.05) is 30.8 Å². The number of carbonyl (C=O) groups is 1. The van der Waals surface area contributed by atoms with E-state index in [1.807, 2.05) is 36.4 Å². The van der Waals surface area contributed by atoms with Crippen molar-refractivity contribution >= 4 is 28.3 Å². The van der Waals surface area contributed by atoms with Gasteiger partial charge in [-0.15, -0.1) is 0 Å². The number of nitrogens with one attached hydrogen (secondary N) is 3. The number of methoxy groups -OCH3 is 1. The highest BCUT2D eigenvalue weighted by Gasteiger charge is 2.18. The Bertz CT molecular complexity index is 1070. The van der Waals surface area contributed by atoms with Crippen molar-refractivity contribution in [3.8, 4) is 5.75 Å². The Hall–Kier alpha value is -3.41. The molecule has 0 bridgehead atoms. The number of ether oxygens (including phenoxy) is 1. The number of amides is 2. The summed E-state index contributed by atoms with van der Waals surface area (Å²) < 4.78 is 5.21. The molecular formula is C25H30N4O2. The van der Waals surface area contributed by atoms with Gasteiger partial charge in [-0.2, -0.15) is 0 Å². The number of carbonyl (C=O) groups excluding carboxylic acids is 1. The zero-order valence-corrected chi connectivity index (χ0v) is 18.2. The lowest BCUT2D eigenvalue weighted by Crippen LogP contribution is -2.24. The van der Waals surface area contributed by atoms with Gasteiger partial charge >= 0.3 is 6.03 Å². The summed E-state index contributed by atoms with van der Waals surface area (Å²) in [6.07, 6.45) is 10.2. The maximum atomic E-state index is 12.5. The molecule has 2 amide bonds. The lowest BCUT2D eigenvalue weighted by molar-refractivity contribution is 0.262. The van der Waals surface area contributed by atoms with Crippen molar-refractivity contribution in [1.29, 1.82) is 0 Å². The van der Waals surface area contributed by atoms with E-state index in [0.717, 1.165) is 36.1 Å². The Morgan fingerprint density at radius 3 is 2.77 bits per heavy atom. The van der Waals surface area contributed by atoms with Gasteiger partial charge in [0.2, 0.25) is 0 Å². The molecule has 2 heterocycles. The third-order valence-corrected chi connectivity index (χ3v) is 5.75. The van der Waals surface area contributed by atoms with E-state index in [1.165, 1.54) is 18.4 Å². The van der Waals surface area contributed by atoms with Gasteiger partial charge < -0.3 is 25.3 Å². The number of rotatable bonds is 7. The maximum Gasteiger partial charge on any atom is 0.323 e. The first-order valence-electron chi connectivity index (χ1n) is 10.9. The SMILES string of the molecule is CCCCN1C=CC(c2c[nH]c3ccc(NC(=O)Nc4cccc(OC)c4)cc23)CC1. The van der Waals surface area contributed by atoms with Crippen LogP contribution >= 0.6 is 0 Å². The number of hydrogen-bond donors (Lipinski definition) is 3. The third kappa shape index (κ3) is 5.02. The van der Waals surface area contributed by atoms with Crippen LogP contribution in [0.3, 0.4) is 0 Å². The molecule has 0 spiro atoms. The molecule has 0 fully saturated rings. The highest BCUT2D eigenvalue weighted by Crippen LogP contribution is 2.33. The molecule has 1 aliphatic heterocycles. The van der Waals surface area contributed by atoms with Gasteiger partial charge in [-0.1, -0.05) is 25.5 Å². The minimum atomic E-state index is -0.284. The Morgan fingerprint density at radius 1 is 1.19 bits per heavy atom. The second-order valence-corrected chi connectivity index (χ2v) is 7.94. The predicted molar refractivity (Wildman–Crippen MR) is 127 cm³/mol. The second kappa shape index (κ2) is 9.60. The number of nitrogens with zero attached hydrogens (tertiary/aromatic N) is 1. The highest BCUT2D eigenvalue weighted by molar-refractivity contribution is 6.01. The number of urea groups is 1. The first-order valence-corrected chi connectivity index (χ1v) is 10.9. The van der Waals surface area contributed by atoms with E-state index < -0.39 is 0 Å². The number of unbranched alkanes of at least 4 members (excludes halogenated alkanes) is 1. The fourth-order valence-corrected chi connectivity index (χ4v) is 4.03. The van der Waals surface area contributed by atoms with Crippen LogP contribution in [0, 0.1) is 0 Å². The molecule has 1 unspecified atom stereocenters. The van der Waals surface area contributed by atoms with E-state index in [2.05, 4.69) is 45.9 Å². The van der Waals surface area contributed by atoms with Crippen molar-refractivity contribution in [3.05, 3.63) is 66.5 Å². The first-order chi connectivity index (χ1) is 15.2. The van der Waals surface area contributed by atoms with Gasteiger partial charge in [0.05, 0.1) is 7.11 Å². The molecule has 3 aromatic rings. The smallest absolute Gasteiger partial charge is 0.323 e. The zero-order chi connectivity index (χ0) is 21.6. The topological polar surface area (TPSA) is 69.4 Å². The molecule has 0 aliphatic carbocycles. The molecule has 162 valence electrons. The number of H-pyrrole nitrogens is 1. The van der Waals surface area contributed by atoms with Crippen LogP contribution in [0.2, 0.25) is 0 Å². The van der Waals surface area contributed by atoms with E-state index in [0.29, 0.717) is 17.4 Å². The minimum absolute atomic E-state index is 0.284. The van der Waals surface area contributed by atoms with Gasteiger partial charge in [-0.25, -0.2) is 4.79 Å². The van der Waals surface area contributed by atoms with Crippen LogP contribution in [0.25, 0.3) is 10.9 Å². The van der Waals surface area contributed by atoms with Gasteiger partial charge in [0.25, 0.3) is 0 Å². The molecule has 31 heavy (non-hydrogen) atoms. The van der Waals surface area contributed by atoms with Crippen LogP contribution in [0.15, 0.2) is 60.9 Å². The summed E-state index contributed by atoms with van der Waals surface area (Å²) in [7, 11) is 1.60. The van der Waals surface area contributed by atoms with Crippen molar-refractivity contribution < 1.29 is 9.53 Å². The summed E-state index contributed by atoms with van der Waals surface area (Å²) in [6, 6.07) is 13.0.